The second-order valence-electron chi connectivity index (χ2n) is 9.62. The second-order valence-corrected chi connectivity index (χ2v) is 13.5. The molecule has 0 unspecified atom stereocenters. The highest BCUT2D eigenvalue weighted by atomic mass is 28.4. The maximum atomic E-state index is 12.4. The van der Waals surface area contributed by atoms with Crippen LogP contribution in [0.25, 0.3) is 10.4 Å². The fourth-order valence-electron chi connectivity index (χ4n) is 5.15. The van der Waals surface area contributed by atoms with E-state index in [1.54, 1.807) is 0 Å². The summed E-state index contributed by atoms with van der Waals surface area (Å²) in [6, 6.07) is 30.9. The Morgan fingerprint density at radius 2 is 1.45 bits per heavy atom. The molecular weight excluding hydrogens is 424 g/mol. The summed E-state index contributed by atoms with van der Waals surface area (Å²) in [6.45, 7) is 6.02. The van der Waals surface area contributed by atoms with Crippen LogP contribution in [0, 0.1) is 0 Å². The van der Waals surface area contributed by atoms with Crippen LogP contribution in [0.1, 0.15) is 32.3 Å². The van der Waals surface area contributed by atoms with Gasteiger partial charge in [0.05, 0.1) is 6.04 Å². The molecule has 0 radical (unpaired) electrons. The van der Waals surface area contributed by atoms with Gasteiger partial charge in [-0.25, -0.2) is 0 Å². The van der Waals surface area contributed by atoms with Gasteiger partial charge < -0.3 is 4.80 Å². The molecule has 5 nitrogen and oxygen atoms in total. The van der Waals surface area contributed by atoms with Gasteiger partial charge in [-0.15, -0.1) is 0 Å². The van der Waals surface area contributed by atoms with Gasteiger partial charge in [0.15, 0.2) is 0 Å². The molecule has 6 heteroatoms. The van der Waals surface area contributed by atoms with Crippen molar-refractivity contribution in [1.29, 1.82) is 0 Å². The first kappa shape index (κ1) is 23.3. The average molecular weight is 457 g/mol. The third kappa shape index (κ3) is 4.75. The Balaban J connectivity index is 1.58. The molecule has 1 N–H and O–H groups in total. The average Bonchev–Trinajstić information content (AvgIpc) is 2.84. The first-order valence-electron chi connectivity index (χ1n) is 11.6. The van der Waals surface area contributed by atoms with Crippen LogP contribution in [0.2, 0.25) is 5.04 Å². The largest absolute Gasteiger partial charge is 0.424 e. The molecule has 1 saturated heterocycles. The van der Waals surface area contributed by atoms with E-state index in [2.05, 4.69) is 77.3 Å². The molecule has 3 aromatic rings. The van der Waals surface area contributed by atoms with Gasteiger partial charge >= 0.3 is 0 Å². The molecular formula is C27H32N4OSi. The molecule has 0 amide bonds. The van der Waals surface area contributed by atoms with Gasteiger partial charge in [-0.1, -0.05) is 110 Å². The minimum absolute atomic E-state index is 0.0160. The van der Waals surface area contributed by atoms with Crippen molar-refractivity contribution in [2.24, 2.45) is 5.11 Å². The summed E-state index contributed by atoms with van der Waals surface area (Å²) in [7, 11) is -3.04. The van der Waals surface area contributed by atoms with E-state index in [9.17, 15) is 4.80 Å². The lowest BCUT2D eigenvalue weighted by atomic mass is 9.89. The van der Waals surface area contributed by atoms with Gasteiger partial charge in [0.1, 0.15) is 0 Å². The van der Waals surface area contributed by atoms with Crippen LogP contribution in [0.5, 0.6) is 0 Å². The van der Waals surface area contributed by atoms with E-state index in [4.69, 9.17) is 5.53 Å². The van der Waals surface area contributed by atoms with Crippen LogP contribution >= 0.6 is 0 Å². The lowest BCUT2D eigenvalue weighted by molar-refractivity contribution is 0.0451. The Morgan fingerprint density at radius 3 is 1.97 bits per heavy atom. The van der Waals surface area contributed by atoms with Crippen LogP contribution < -0.4 is 10.4 Å². The fourth-order valence-corrected chi connectivity index (χ4v) is 8.91. The van der Waals surface area contributed by atoms with Crippen LogP contribution in [0.4, 0.5) is 0 Å². The minimum Gasteiger partial charge on any atom is -0.424 e. The van der Waals surface area contributed by atoms with E-state index in [-0.39, 0.29) is 17.1 Å². The quantitative estimate of drug-likeness (QED) is 0.216. The van der Waals surface area contributed by atoms with E-state index < -0.39 is 8.32 Å². The molecule has 0 aliphatic carbocycles. The lowest BCUT2D eigenvalue weighted by Gasteiger charge is -2.49. The zero-order chi connectivity index (χ0) is 23.3. The van der Waals surface area contributed by atoms with Gasteiger partial charge in [-0.3, -0.25) is 4.90 Å². The normalized spacial score (nSPS) is 18.9. The Bertz CT molecular complexity index is 1050. The number of hydrogen-bond donors (Lipinski definition) is 1. The van der Waals surface area contributed by atoms with E-state index in [1.807, 2.05) is 42.5 Å². The molecule has 0 spiro atoms. The number of benzene rings is 3. The van der Waals surface area contributed by atoms with Crippen LogP contribution in [-0.2, 0) is 6.54 Å². The second kappa shape index (κ2) is 9.94. The summed E-state index contributed by atoms with van der Waals surface area (Å²) in [5, 5.41) is 5.82. The SMILES string of the molecule is CC(C)(CC[C@@H]1[C@H](N=[N+]=[N-])CN1Cc1ccccc1)[Si](O)(c1ccccc1)c1ccccc1. The predicted octanol–water partition coefficient (Wildman–Crippen LogP) is 4.86. The molecule has 0 aromatic heterocycles. The standard InChI is InChI=1S/C27H32N4OSi/c1-27(2,33(32,23-14-8-4-9-15-23)24-16-10-5-11-17-24)19-18-26-25(29-30-28)21-31(26)20-22-12-6-3-7-13-22/h3-17,25-26,32H,18-21H2,1-2H3/t25-,26-/m1/s1. The first-order valence-corrected chi connectivity index (χ1v) is 13.6. The lowest BCUT2D eigenvalue weighted by Crippen LogP contribution is -2.66. The van der Waals surface area contributed by atoms with E-state index in [0.717, 1.165) is 36.3 Å². The fraction of sp³-hybridized carbons (Fsp3) is 0.333. The van der Waals surface area contributed by atoms with Crippen molar-refractivity contribution in [3.63, 3.8) is 0 Å². The number of nitrogens with zero attached hydrogens (tertiary/aromatic N) is 4. The zero-order valence-corrected chi connectivity index (χ0v) is 20.4. The molecule has 1 heterocycles. The van der Waals surface area contributed by atoms with Gasteiger partial charge in [0.25, 0.3) is 8.32 Å². The van der Waals surface area contributed by atoms with E-state index in [0.29, 0.717) is 0 Å². The molecule has 0 saturated carbocycles. The van der Waals surface area contributed by atoms with Crippen molar-refractivity contribution in [1.82, 2.24) is 4.90 Å². The van der Waals surface area contributed by atoms with Crippen molar-refractivity contribution < 1.29 is 4.80 Å². The molecule has 1 aliphatic rings. The molecule has 3 aromatic carbocycles. The molecule has 4 rings (SSSR count). The topological polar surface area (TPSA) is 72.2 Å². The number of hydrogen-bond acceptors (Lipinski definition) is 3. The summed E-state index contributed by atoms with van der Waals surface area (Å²) in [5.41, 5.74) is 10.3. The van der Waals surface area contributed by atoms with Gasteiger partial charge in [-0.2, -0.15) is 0 Å². The van der Waals surface area contributed by atoms with E-state index in [1.165, 1.54) is 5.56 Å². The Labute approximate surface area is 197 Å². The Morgan fingerprint density at radius 1 is 0.939 bits per heavy atom. The van der Waals surface area contributed by atoms with Crippen molar-refractivity contribution in [2.45, 2.75) is 50.4 Å². The van der Waals surface area contributed by atoms with Crippen LogP contribution in [-0.4, -0.2) is 36.6 Å². The van der Waals surface area contributed by atoms with Crippen molar-refractivity contribution in [2.75, 3.05) is 6.54 Å². The maximum Gasteiger partial charge on any atom is 0.258 e. The van der Waals surface area contributed by atoms with Crippen molar-refractivity contribution in [3.05, 3.63) is 107 Å². The molecule has 1 fully saturated rings. The minimum atomic E-state index is -3.04. The highest BCUT2D eigenvalue weighted by Gasteiger charge is 2.50. The van der Waals surface area contributed by atoms with Crippen molar-refractivity contribution in [3.8, 4) is 0 Å². The Hall–Kier alpha value is -2.89. The van der Waals surface area contributed by atoms with Crippen LogP contribution in [0.3, 0.4) is 0 Å². The monoisotopic (exact) mass is 456 g/mol. The third-order valence-electron chi connectivity index (χ3n) is 7.19. The molecule has 33 heavy (non-hydrogen) atoms. The smallest absolute Gasteiger partial charge is 0.258 e. The summed E-state index contributed by atoms with van der Waals surface area (Å²) < 4.78 is 0. The van der Waals surface area contributed by atoms with E-state index >= 15 is 0 Å². The van der Waals surface area contributed by atoms with Crippen LogP contribution in [0.15, 0.2) is 96.1 Å². The van der Waals surface area contributed by atoms with Gasteiger partial charge in [0.2, 0.25) is 0 Å². The third-order valence-corrected chi connectivity index (χ3v) is 11.7. The summed E-state index contributed by atoms with van der Waals surface area (Å²) in [5.74, 6) is 0. The first-order chi connectivity index (χ1) is 16.0. The molecule has 0 bridgehead atoms. The highest BCUT2D eigenvalue weighted by Crippen LogP contribution is 2.42. The zero-order valence-electron chi connectivity index (χ0n) is 19.4. The Kier molecular flexibility index (Phi) is 7.01. The summed E-state index contributed by atoms with van der Waals surface area (Å²) >= 11 is 0. The van der Waals surface area contributed by atoms with Crippen molar-refractivity contribution >= 4 is 18.7 Å². The molecule has 1 aliphatic heterocycles. The molecule has 170 valence electrons. The molecule has 2 atom stereocenters. The highest BCUT2D eigenvalue weighted by molar-refractivity contribution is 6.98. The summed E-state index contributed by atoms with van der Waals surface area (Å²) in [6.07, 6.45) is 1.71. The number of likely N-dealkylation sites (tertiary alicyclic amines) is 1. The summed E-state index contributed by atoms with van der Waals surface area (Å²) in [4.78, 5) is 17.9. The maximum absolute atomic E-state index is 12.4. The number of rotatable bonds is 9. The predicted molar refractivity (Wildman–Crippen MR) is 137 cm³/mol. The van der Waals surface area contributed by atoms with Gasteiger partial charge in [0, 0.05) is 24.0 Å². The van der Waals surface area contributed by atoms with Gasteiger partial charge in [-0.05, 0) is 39.3 Å². The number of azide groups is 1.